The standard InChI is InChI=1S/C18H20N4O2/c1-4-12(2)13-5-7-14(8-6-13)16(23)10-22-11-19-17-15(18(22)24)9-20-21(17)3/h5-9,11-12H,4,10H2,1-3H3/t12-/m0/s1. The van der Waals surface area contributed by atoms with Crippen molar-refractivity contribution in [3.8, 4) is 0 Å². The Morgan fingerprint density at radius 3 is 2.62 bits per heavy atom. The fourth-order valence-corrected chi connectivity index (χ4v) is 2.66. The molecule has 0 radical (unpaired) electrons. The average molecular weight is 324 g/mol. The summed E-state index contributed by atoms with van der Waals surface area (Å²) in [5, 5.41) is 4.44. The number of hydrogen-bond acceptors (Lipinski definition) is 4. The molecule has 2 aromatic heterocycles. The maximum Gasteiger partial charge on any atom is 0.264 e. The summed E-state index contributed by atoms with van der Waals surface area (Å²) in [6.45, 7) is 4.27. The molecule has 0 aliphatic carbocycles. The van der Waals surface area contributed by atoms with Crippen LogP contribution in [0.25, 0.3) is 11.0 Å². The molecule has 0 fully saturated rings. The highest BCUT2D eigenvalue weighted by atomic mass is 16.1. The van der Waals surface area contributed by atoms with Gasteiger partial charge in [-0.25, -0.2) is 4.98 Å². The number of hydrogen-bond donors (Lipinski definition) is 0. The molecule has 6 nitrogen and oxygen atoms in total. The number of ketones is 1. The van der Waals surface area contributed by atoms with Crippen molar-refractivity contribution in [1.82, 2.24) is 19.3 Å². The van der Waals surface area contributed by atoms with Crippen molar-refractivity contribution in [3.63, 3.8) is 0 Å². The Morgan fingerprint density at radius 1 is 1.25 bits per heavy atom. The second kappa shape index (κ2) is 6.39. The van der Waals surface area contributed by atoms with Gasteiger partial charge < -0.3 is 0 Å². The summed E-state index contributed by atoms with van der Waals surface area (Å²) in [5.41, 5.74) is 2.07. The molecule has 0 saturated carbocycles. The molecule has 2 heterocycles. The maximum absolute atomic E-state index is 12.4. The van der Waals surface area contributed by atoms with Gasteiger partial charge in [-0.05, 0) is 17.9 Å². The summed E-state index contributed by atoms with van der Waals surface area (Å²) in [6.07, 6.45) is 3.93. The van der Waals surface area contributed by atoms with Crippen molar-refractivity contribution in [2.75, 3.05) is 0 Å². The summed E-state index contributed by atoms with van der Waals surface area (Å²) in [5.74, 6) is 0.354. The van der Waals surface area contributed by atoms with E-state index in [1.165, 1.54) is 27.3 Å². The second-order valence-electron chi connectivity index (χ2n) is 6.04. The molecular formula is C18H20N4O2. The van der Waals surface area contributed by atoms with E-state index >= 15 is 0 Å². The van der Waals surface area contributed by atoms with E-state index in [0.717, 1.165) is 6.42 Å². The highest BCUT2D eigenvalue weighted by Gasteiger charge is 2.12. The number of aryl methyl sites for hydroxylation is 1. The molecule has 24 heavy (non-hydrogen) atoms. The van der Waals surface area contributed by atoms with Crippen molar-refractivity contribution >= 4 is 16.8 Å². The Labute approximate surface area is 139 Å². The molecule has 3 rings (SSSR count). The summed E-state index contributed by atoms with van der Waals surface area (Å²) in [6, 6.07) is 7.61. The highest BCUT2D eigenvalue weighted by molar-refractivity contribution is 5.96. The second-order valence-corrected chi connectivity index (χ2v) is 6.04. The summed E-state index contributed by atoms with van der Waals surface area (Å²) in [4.78, 5) is 29.1. The van der Waals surface area contributed by atoms with Gasteiger partial charge in [-0.3, -0.25) is 18.8 Å². The minimum absolute atomic E-state index is 0.0284. The molecule has 6 heteroatoms. The van der Waals surface area contributed by atoms with E-state index in [0.29, 0.717) is 22.5 Å². The predicted molar refractivity (Wildman–Crippen MR) is 92.2 cm³/mol. The van der Waals surface area contributed by atoms with Crippen molar-refractivity contribution in [2.45, 2.75) is 32.7 Å². The van der Waals surface area contributed by atoms with Crippen LogP contribution >= 0.6 is 0 Å². The van der Waals surface area contributed by atoms with Crippen LogP contribution in [0.5, 0.6) is 0 Å². The minimum atomic E-state index is -0.252. The molecule has 0 spiro atoms. The quantitative estimate of drug-likeness (QED) is 0.676. The molecule has 1 atom stereocenters. The lowest BCUT2D eigenvalue weighted by Gasteiger charge is -2.10. The number of carbonyl (C=O) groups is 1. The van der Waals surface area contributed by atoms with Crippen LogP contribution in [0.1, 0.15) is 42.1 Å². The zero-order chi connectivity index (χ0) is 17.3. The Balaban J connectivity index is 1.84. The zero-order valence-corrected chi connectivity index (χ0v) is 14.1. The third-order valence-electron chi connectivity index (χ3n) is 4.45. The van der Waals surface area contributed by atoms with Gasteiger partial charge in [-0.2, -0.15) is 5.10 Å². The zero-order valence-electron chi connectivity index (χ0n) is 14.1. The third kappa shape index (κ3) is 2.87. The number of benzene rings is 1. The van der Waals surface area contributed by atoms with Crippen LogP contribution in [0.2, 0.25) is 0 Å². The largest absolute Gasteiger partial charge is 0.292 e. The van der Waals surface area contributed by atoms with E-state index in [4.69, 9.17) is 0 Å². The van der Waals surface area contributed by atoms with Crippen LogP contribution in [-0.4, -0.2) is 25.1 Å². The van der Waals surface area contributed by atoms with E-state index < -0.39 is 0 Å². The van der Waals surface area contributed by atoms with Crippen LogP contribution in [0, 0.1) is 0 Å². The van der Waals surface area contributed by atoms with Gasteiger partial charge in [0.1, 0.15) is 11.7 Å². The van der Waals surface area contributed by atoms with Crippen LogP contribution in [0.3, 0.4) is 0 Å². The number of fused-ring (bicyclic) bond motifs is 1. The van der Waals surface area contributed by atoms with Crippen molar-refractivity contribution in [3.05, 3.63) is 58.3 Å². The Hall–Kier alpha value is -2.76. The highest BCUT2D eigenvalue weighted by Crippen LogP contribution is 2.19. The molecule has 0 amide bonds. The predicted octanol–water partition coefficient (Wildman–Crippen LogP) is 2.53. The molecule has 0 aliphatic rings. The maximum atomic E-state index is 12.4. The van der Waals surface area contributed by atoms with E-state index in [1.807, 2.05) is 24.3 Å². The van der Waals surface area contributed by atoms with Gasteiger partial charge in [0, 0.05) is 12.6 Å². The van der Waals surface area contributed by atoms with E-state index in [-0.39, 0.29) is 17.9 Å². The lowest BCUT2D eigenvalue weighted by Crippen LogP contribution is -2.24. The van der Waals surface area contributed by atoms with Gasteiger partial charge in [-0.15, -0.1) is 0 Å². The number of rotatable bonds is 5. The van der Waals surface area contributed by atoms with E-state index in [2.05, 4.69) is 23.9 Å². The minimum Gasteiger partial charge on any atom is -0.292 e. The summed E-state index contributed by atoms with van der Waals surface area (Å²) in [7, 11) is 1.73. The van der Waals surface area contributed by atoms with Gasteiger partial charge in [0.15, 0.2) is 11.4 Å². The lowest BCUT2D eigenvalue weighted by atomic mass is 9.97. The molecule has 0 unspecified atom stereocenters. The smallest absolute Gasteiger partial charge is 0.264 e. The van der Waals surface area contributed by atoms with Crippen molar-refractivity contribution < 1.29 is 4.79 Å². The first-order valence-corrected chi connectivity index (χ1v) is 8.01. The van der Waals surface area contributed by atoms with Crippen LogP contribution in [0.4, 0.5) is 0 Å². The van der Waals surface area contributed by atoms with Crippen molar-refractivity contribution in [2.24, 2.45) is 7.05 Å². The fraction of sp³-hybridized carbons (Fsp3) is 0.333. The Kier molecular flexibility index (Phi) is 4.29. The first kappa shape index (κ1) is 16.1. The number of carbonyl (C=O) groups excluding carboxylic acids is 1. The monoisotopic (exact) mass is 324 g/mol. The molecule has 0 aliphatic heterocycles. The third-order valence-corrected chi connectivity index (χ3v) is 4.45. The summed E-state index contributed by atoms with van der Waals surface area (Å²) < 4.78 is 2.87. The van der Waals surface area contributed by atoms with Gasteiger partial charge in [-0.1, -0.05) is 38.1 Å². The number of Topliss-reactive ketones (excluding diaryl/α,β-unsaturated/α-hetero) is 1. The van der Waals surface area contributed by atoms with Crippen LogP contribution < -0.4 is 5.56 Å². The van der Waals surface area contributed by atoms with Gasteiger partial charge in [0.25, 0.3) is 5.56 Å². The molecule has 1 aromatic carbocycles. The number of nitrogens with zero attached hydrogens (tertiary/aromatic N) is 4. The first-order chi connectivity index (χ1) is 11.5. The normalized spacial score (nSPS) is 12.5. The molecule has 0 N–H and O–H groups in total. The molecule has 124 valence electrons. The van der Waals surface area contributed by atoms with Crippen LogP contribution in [-0.2, 0) is 13.6 Å². The SMILES string of the molecule is CC[C@H](C)c1ccc(C(=O)Cn2cnc3c(cnn3C)c2=O)cc1. The van der Waals surface area contributed by atoms with Crippen LogP contribution in [0.15, 0.2) is 41.6 Å². The first-order valence-electron chi connectivity index (χ1n) is 8.01. The molecule has 3 aromatic rings. The van der Waals surface area contributed by atoms with Gasteiger partial charge in [0.05, 0.1) is 12.7 Å². The molecular weight excluding hydrogens is 304 g/mol. The molecule has 0 bridgehead atoms. The lowest BCUT2D eigenvalue weighted by molar-refractivity contribution is 0.0970. The van der Waals surface area contributed by atoms with E-state index in [1.54, 1.807) is 7.05 Å². The average Bonchev–Trinajstić information content (AvgIpc) is 2.98. The molecule has 0 saturated heterocycles. The van der Waals surface area contributed by atoms with Gasteiger partial charge >= 0.3 is 0 Å². The number of aromatic nitrogens is 4. The topological polar surface area (TPSA) is 69.8 Å². The fourth-order valence-electron chi connectivity index (χ4n) is 2.66. The Morgan fingerprint density at radius 2 is 1.96 bits per heavy atom. The van der Waals surface area contributed by atoms with E-state index in [9.17, 15) is 9.59 Å². The summed E-state index contributed by atoms with van der Waals surface area (Å²) >= 11 is 0. The van der Waals surface area contributed by atoms with Crippen molar-refractivity contribution in [1.29, 1.82) is 0 Å². The Bertz CT molecular complexity index is 938. The van der Waals surface area contributed by atoms with Gasteiger partial charge in [0.2, 0.25) is 0 Å².